The second-order valence-corrected chi connectivity index (χ2v) is 9.71. The number of carbonyl (C=O) groups is 1. The number of carbonyl (C=O) groups excluding carboxylic acids is 1. The largest absolute Gasteiger partial charge is 0.493 e. The minimum Gasteiger partial charge on any atom is -0.493 e. The van der Waals surface area contributed by atoms with E-state index >= 15 is 0 Å². The molecule has 1 amide bonds. The van der Waals surface area contributed by atoms with E-state index in [0.29, 0.717) is 23.7 Å². The zero-order valence-corrected chi connectivity index (χ0v) is 22.9. The number of amides is 1. The molecule has 4 rings (SSSR count). The third-order valence-electron chi connectivity index (χ3n) is 7.01. The second kappa shape index (κ2) is 14.2. The maximum atomic E-state index is 11.5. The highest BCUT2D eigenvalue weighted by Crippen LogP contribution is 2.29. The molecule has 0 bridgehead atoms. The Kier molecular flexibility index (Phi) is 10.1. The van der Waals surface area contributed by atoms with Crippen molar-refractivity contribution in [3.05, 3.63) is 131 Å². The van der Waals surface area contributed by atoms with Crippen molar-refractivity contribution in [3.8, 4) is 11.5 Å². The van der Waals surface area contributed by atoms with Crippen LogP contribution in [0.25, 0.3) is 0 Å². The quantitative estimate of drug-likeness (QED) is 0.193. The van der Waals surface area contributed by atoms with Gasteiger partial charge in [-0.2, -0.15) is 0 Å². The summed E-state index contributed by atoms with van der Waals surface area (Å²) in [6.45, 7) is 5.32. The summed E-state index contributed by atoms with van der Waals surface area (Å²) in [4.78, 5) is 14.0. The Bertz CT molecular complexity index is 1270. The average molecular weight is 523 g/mol. The molecule has 0 saturated carbocycles. The summed E-state index contributed by atoms with van der Waals surface area (Å²) in [7, 11) is 1.56. The fourth-order valence-electron chi connectivity index (χ4n) is 4.82. The summed E-state index contributed by atoms with van der Waals surface area (Å²) < 4.78 is 11.5. The van der Waals surface area contributed by atoms with Gasteiger partial charge in [0.2, 0.25) is 5.91 Å². The first-order valence-corrected chi connectivity index (χ1v) is 13.6. The van der Waals surface area contributed by atoms with Crippen LogP contribution in [0.2, 0.25) is 0 Å². The molecule has 2 N–H and O–H groups in total. The summed E-state index contributed by atoms with van der Waals surface area (Å²) >= 11 is 0. The Balaban J connectivity index is 1.49. The van der Waals surface area contributed by atoms with Crippen LogP contribution in [0.3, 0.4) is 0 Å². The first kappa shape index (κ1) is 27.9. The summed E-state index contributed by atoms with van der Waals surface area (Å²) in [5, 5.41) is 0. The zero-order valence-electron chi connectivity index (χ0n) is 22.9. The predicted molar refractivity (Wildman–Crippen MR) is 157 cm³/mol. The highest BCUT2D eigenvalue weighted by molar-refractivity contribution is 5.93. The molecule has 0 atom stereocenters. The smallest absolute Gasteiger partial charge is 0.248 e. The van der Waals surface area contributed by atoms with Crippen LogP contribution in [0.4, 0.5) is 0 Å². The average Bonchev–Trinajstić information content (AvgIpc) is 2.99. The van der Waals surface area contributed by atoms with E-state index in [-0.39, 0.29) is 5.92 Å². The van der Waals surface area contributed by atoms with Gasteiger partial charge in [0.25, 0.3) is 0 Å². The monoisotopic (exact) mass is 522 g/mol. The molecule has 4 aromatic rings. The van der Waals surface area contributed by atoms with Crippen LogP contribution in [0, 0.1) is 0 Å². The number of nitrogens with zero attached hydrogens (tertiary/aromatic N) is 1. The minimum absolute atomic E-state index is 0.254. The molecule has 202 valence electrons. The molecule has 39 heavy (non-hydrogen) atoms. The van der Waals surface area contributed by atoms with E-state index in [2.05, 4.69) is 96.8 Å². The van der Waals surface area contributed by atoms with Crippen molar-refractivity contribution in [2.75, 3.05) is 26.8 Å². The number of methoxy groups -OCH3 is 1. The number of nitrogens with two attached hydrogens (primary N) is 1. The molecule has 5 heteroatoms. The van der Waals surface area contributed by atoms with Gasteiger partial charge in [0.1, 0.15) is 0 Å². The number of primary amides is 1. The van der Waals surface area contributed by atoms with Crippen LogP contribution in [0.5, 0.6) is 11.5 Å². The Morgan fingerprint density at radius 3 is 2.00 bits per heavy atom. The standard InChI is InChI=1S/C34H38N2O3/c1-3-26-15-17-27(18-16-26)24-36(21-10-22-39-32-20-19-30(34(35)37)23-33(32)38-2)25-31(28-11-6-4-7-12-28)29-13-8-5-9-14-29/h4-9,11-20,23,31H,3,10,21-22,24-25H2,1-2H3,(H2,35,37). The number of hydrogen-bond donors (Lipinski definition) is 1. The number of benzene rings is 4. The van der Waals surface area contributed by atoms with Gasteiger partial charge in [-0.05, 0) is 53.3 Å². The van der Waals surface area contributed by atoms with Crippen molar-refractivity contribution in [2.24, 2.45) is 5.73 Å². The van der Waals surface area contributed by atoms with E-state index in [4.69, 9.17) is 15.2 Å². The van der Waals surface area contributed by atoms with Gasteiger partial charge in [-0.25, -0.2) is 0 Å². The maximum Gasteiger partial charge on any atom is 0.248 e. The molecule has 0 heterocycles. The fraction of sp³-hybridized carbons (Fsp3) is 0.265. The molecule has 5 nitrogen and oxygen atoms in total. The molecule has 0 aliphatic rings. The van der Waals surface area contributed by atoms with Crippen molar-refractivity contribution in [3.63, 3.8) is 0 Å². The molecule has 0 aromatic heterocycles. The van der Waals surface area contributed by atoms with Crippen LogP contribution >= 0.6 is 0 Å². The Morgan fingerprint density at radius 2 is 1.44 bits per heavy atom. The van der Waals surface area contributed by atoms with Gasteiger partial charge in [0.05, 0.1) is 13.7 Å². The Labute approximate surface area is 232 Å². The zero-order chi connectivity index (χ0) is 27.5. The molecule has 0 spiro atoms. The SMILES string of the molecule is CCc1ccc(CN(CCCOc2ccc(C(N)=O)cc2OC)CC(c2ccccc2)c2ccccc2)cc1. The van der Waals surface area contributed by atoms with Crippen molar-refractivity contribution in [2.45, 2.75) is 32.2 Å². The van der Waals surface area contributed by atoms with Gasteiger partial charge in [-0.15, -0.1) is 0 Å². The summed E-state index contributed by atoms with van der Waals surface area (Å²) in [5.41, 5.74) is 11.1. The van der Waals surface area contributed by atoms with Crippen LogP contribution < -0.4 is 15.2 Å². The van der Waals surface area contributed by atoms with E-state index in [1.54, 1.807) is 25.3 Å². The number of aryl methyl sites for hydroxylation is 1. The summed E-state index contributed by atoms with van der Waals surface area (Å²) in [6.07, 6.45) is 1.87. The number of ether oxygens (including phenoxy) is 2. The molecule has 0 radical (unpaired) electrons. The first-order chi connectivity index (χ1) is 19.1. The van der Waals surface area contributed by atoms with Gasteiger partial charge in [0, 0.05) is 31.1 Å². The second-order valence-electron chi connectivity index (χ2n) is 9.71. The third kappa shape index (κ3) is 7.95. The molecular weight excluding hydrogens is 484 g/mol. The highest BCUT2D eigenvalue weighted by Gasteiger charge is 2.19. The minimum atomic E-state index is -0.492. The third-order valence-corrected chi connectivity index (χ3v) is 7.01. The highest BCUT2D eigenvalue weighted by atomic mass is 16.5. The van der Waals surface area contributed by atoms with E-state index < -0.39 is 5.91 Å². The van der Waals surface area contributed by atoms with Gasteiger partial charge in [-0.1, -0.05) is 91.9 Å². The number of rotatable bonds is 14. The van der Waals surface area contributed by atoms with Crippen LogP contribution in [-0.2, 0) is 13.0 Å². The van der Waals surface area contributed by atoms with Gasteiger partial charge in [-0.3, -0.25) is 9.69 Å². The lowest BCUT2D eigenvalue weighted by Crippen LogP contribution is -2.30. The van der Waals surface area contributed by atoms with Crippen LogP contribution in [0.1, 0.15) is 51.9 Å². The van der Waals surface area contributed by atoms with E-state index in [0.717, 1.165) is 32.5 Å². The lowest BCUT2D eigenvalue weighted by atomic mass is 9.90. The lowest BCUT2D eigenvalue weighted by molar-refractivity contribution is 0.1000. The predicted octanol–water partition coefficient (Wildman–Crippen LogP) is 6.46. The van der Waals surface area contributed by atoms with Crippen LogP contribution in [-0.4, -0.2) is 37.6 Å². The van der Waals surface area contributed by atoms with E-state index in [9.17, 15) is 4.79 Å². The molecule has 0 aliphatic heterocycles. The van der Waals surface area contributed by atoms with E-state index in [1.165, 1.54) is 22.3 Å². The number of hydrogen-bond acceptors (Lipinski definition) is 4. The molecule has 0 fully saturated rings. The van der Waals surface area contributed by atoms with Crippen molar-refractivity contribution < 1.29 is 14.3 Å². The van der Waals surface area contributed by atoms with Crippen molar-refractivity contribution >= 4 is 5.91 Å². The molecule has 0 aliphatic carbocycles. The van der Waals surface area contributed by atoms with Gasteiger partial charge < -0.3 is 15.2 Å². The lowest BCUT2D eigenvalue weighted by Gasteiger charge is -2.28. The van der Waals surface area contributed by atoms with Gasteiger partial charge in [0.15, 0.2) is 11.5 Å². The molecule has 4 aromatic carbocycles. The normalized spacial score (nSPS) is 11.1. The first-order valence-electron chi connectivity index (χ1n) is 13.6. The Hall–Kier alpha value is -4.09. The molecular formula is C34H38N2O3. The van der Waals surface area contributed by atoms with Crippen molar-refractivity contribution in [1.82, 2.24) is 4.90 Å². The Morgan fingerprint density at radius 1 is 0.821 bits per heavy atom. The van der Waals surface area contributed by atoms with Crippen LogP contribution in [0.15, 0.2) is 103 Å². The summed E-state index contributed by atoms with van der Waals surface area (Å²) in [5.74, 6) is 0.876. The topological polar surface area (TPSA) is 64.8 Å². The maximum absolute atomic E-state index is 11.5. The molecule has 0 saturated heterocycles. The molecule has 0 unspecified atom stereocenters. The van der Waals surface area contributed by atoms with Gasteiger partial charge >= 0.3 is 0 Å². The fourth-order valence-corrected chi connectivity index (χ4v) is 4.82. The van der Waals surface area contributed by atoms with Crippen molar-refractivity contribution in [1.29, 1.82) is 0 Å². The summed E-state index contributed by atoms with van der Waals surface area (Å²) in [6, 6.07) is 35.4. The van der Waals surface area contributed by atoms with E-state index in [1.807, 2.05) is 0 Å².